The van der Waals surface area contributed by atoms with Gasteiger partial charge in [0.2, 0.25) is 0 Å². The van der Waals surface area contributed by atoms with Crippen LogP contribution in [0.5, 0.6) is 0 Å². The quantitative estimate of drug-likeness (QED) is 0.691. The van der Waals surface area contributed by atoms with Crippen LogP contribution in [0, 0.1) is 6.20 Å². The molecule has 0 spiro atoms. The van der Waals surface area contributed by atoms with Gasteiger partial charge in [0.1, 0.15) is 0 Å². The second-order valence-corrected chi connectivity index (χ2v) is 1.48. The van der Waals surface area contributed by atoms with Crippen molar-refractivity contribution in [3.8, 4) is 0 Å². The van der Waals surface area contributed by atoms with Gasteiger partial charge in [0.05, 0.1) is 0 Å². The molecule has 10 heavy (non-hydrogen) atoms. The van der Waals surface area contributed by atoms with Crippen molar-refractivity contribution < 1.29 is 42.6 Å². The van der Waals surface area contributed by atoms with Gasteiger partial charge in [0, 0.05) is 32.7 Å². The summed E-state index contributed by atoms with van der Waals surface area (Å²) in [5.41, 5.74) is 0.189. The van der Waals surface area contributed by atoms with Crippen LogP contribution in [0.1, 0.15) is 10.4 Å². The second kappa shape index (κ2) is 4.53. The first-order valence-corrected chi connectivity index (χ1v) is 2.36. The third kappa shape index (κ3) is 2.54. The molecule has 1 rings (SSSR count). The Labute approximate surface area is 83.4 Å². The molecule has 1 radical (unpaired) electrons. The Kier molecular flexibility index (Phi) is 4.40. The van der Waals surface area contributed by atoms with Gasteiger partial charge < -0.3 is 10.1 Å². The SMILES string of the molecule is O=C(O)c1cc[c-]nc1.[Y]. The van der Waals surface area contributed by atoms with Crippen LogP contribution in [-0.4, -0.2) is 16.1 Å². The summed E-state index contributed by atoms with van der Waals surface area (Å²) in [6, 6.07) is 2.90. The predicted molar refractivity (Wildman–Crippen MR) is 30.0 cm³/mol. The molecule has 0 aliphatic heterocycles. The number of aromatic nitrogens is 1. The summed E-state index contributed by atoms with van der Waals surface area (Å²) < 4.78 is 0. The molecule has 3 nitrogen and oxygen atoms in total. The summed E-state index contributed by atoms with van der Waals surface area (Å²) in [6.07, 6.45) is 3.73. The Morgan fingerprint density at radius 3 is 2.70 bits per heavy atom. The van der Waals surface area contributed by atoms with Crippen LogP contribution in [-0.2, 0) is 32.7 Å². The number of carbonyl (C=O) groups is 1. The van der Waals surface area contributed by atoms with E-state index in [1.807, 2.05) is 0 Å². The van der Waals surface area contributed by atoms with E-state index in [4.69, 9.17) is 5.11 Å². The van der Waals surface area contributed by atoms with E-state index >= 15 is 0 Å². The molecule has 0 atom stereocenters. The molecular weight excluding hydrogens is 207 g/mol. The van der Waals surface area contributed by atoms with E-state index in [1.54, 1.807) is 0 Å². The Bertz CT molecular complexity index is 212. The maximum atomic E-state index is 10.1. The number of carboxylic acid groups (broad SMARTS) is 1. The first-order valence-electron chi connectivity index (χ1n) is 2.36. The molecule has 0 fully saturated rings. The summed E-state index contributed by atoms with van der Waals surface area (Å²) >= 11 is 0. The predicted octanol–water partition coefficient (Wildman–Crippen LogP) is 0.577. The molecule has 0 aliphatic rings. The zero-order chi connectivity index (χ0) is 6.69. The third-order valence-corrected chi connectivity index (χ3v) is 0.863. The van der Waals surface area contributed by atoms with Gasteiger partial charge in [-0.25, -0.2) is 4.79 Å². The van der Waals surface area contributed by atoms with Crippen LogP contribution >= 0.6 is 0 Å². The van der Waals surface area contributed by atoms with E-state index < -0.39 is 5.97 Å². The van der Waals surface area contributed by atoms with Crippen LogP contribution < -0.4 is 0 Å². The van der Waals surface area contributed by atoms with Crippen LogP contribution in [0.15, 0.2) is 18.3 Å². The zero-order valence-corrected chi connectivity index (χ0v) is 7.95. The van der Waals surface area contributed by atoms with Crippen molar-refractivity contribution in [2.75, 3.05) is 0 Å². The molecule has 1 N–H and O–H groups in total. The van der Waals surface area contributed by atoms with Crippen LogP contribution in [0.25, 0.3) is 0 Å². The van der Waals surface area contributed by atoms with Crippen LogP contribution in [0.2, 0.25) is 0 Å². The Morgan fingerprint density at radius 1 is 1.70 bits per heavy atom. The van der Waals surface area contributed by atoms with Gasteiger partial charge in [-0.1, -0.05) is 12.4 Å². The Hall–Kier alpha value is -0.276. The maximum Gasteiger partial charge on any atom is 0.312 e. The molecule has 1 aromatic heterocycles. The fourth-order valence-electron chi connectivity index (χ4n) is 0.446. The zero-order valence-electron chi connectivity index (χ0n) is 5.11. The molecule has 0 bridgehead atoms. The topological polar surface area (TPSA) is 50.2 Å². The Balaban J connectivity index is 0.000000810. The van der Waals surface area contributed by atoms with Crippen LogP contribution in [0.4, 0.5) is 0 Å². The molecule has 4 heteroatoms. The molecular formula is C6H4NO2Y-. The summed E-state index contributed by atoms with van der Waals surface area (Å²) in [7, 11) is 0. The molecule has 0 unspecified atom stereocenters. The number of nitrogens with zero attached hydrogens (tertiary/aromatic N) is 1. The molecule has 1 heterocycles. The van der Waals surface area contributed by atoms with Gasteiger partial charge in [0.15, 0.2) is 0 Å². The number of rotatable bonds is 1. The summed E-state index contributed by atoms with van der Waals surface area (Å²) in [4.78, 5) is 13.6. The number of pyridine rings is 1. The van der Waals surface area contributed by atoms with Crippen molar-refractivity contribution in [1.29, 1.82) is 0 Å². The van der Waals surface area contributed by atoms with Gasteiger partial charge in [-0.05, 0) is 5.56 Å². The minimum atomic E-state index is -0.962. The molecule has 49 valence electrons. The minimum absolute atomic E-state index is 0. The fourth-order valence-corrected chi connectivity index (χ4v) is 0.446. The first-order chi connectivity index (χ1) is 4.30. The molecule has 0 saturated carbocycles. The van der Waals surface area contributed by atoms with E-state index in [0.29, 0.717) is 0 Å². The van der Waals surface area contributed by atoms with E-state index in [9.17, 15) is 4.79 Å². The largest absolute Gasteiger partial charge is 0.479 e. The number of carboxylic acids is 1. The smallest absolute Gasteiger partial charge is 0.312 e. The summed E-state index contributed by atoms with van der Waals surface area (Å²) in [5.74, 6) is -0.962. The fraction of sp³-hybridized carbons (Fsp3) is 0. The average molecular weight is 211 g/mol. The van der Waals surface area contributed by atoms with Gasteiger partial charge in [-0.2, -0.15) is 12.1 Å². The third-order valence-electron chi connectivity index (χ3n) is 0.863. The average Bonchev–Trinajstić information content (AvgIpc) is 1.90. The van der Waals surface area contributed by atoms with Crippen LogP contribution in [0.3, 0.4) is 0 Å². The number of hydrogen-bond donors (Lipinski definition) is 1. The minimum Gasteiger partial charge on any atom is -0.479 e. The van der Waals surface area contributed by atoms with E-state index in [1.165, 1.54) is 18.3 Å². The molecule has 0 amide bonds. The number of aromatic carboxylic acids is 1. The van der Waals surface area contributed by atoms with Crippen molar-refractivity contribution in [3.05, 3.63) is 30.1 Å². The normalized spacial score (nSPS) is 8.00. The molecule has 0 aromatic carbocycles. The standard InChI is InChI=1S/C6H4NO2.Y/c8-6(9)5-2-1-3-7-4-5;/h1-2,4H,(H,8,9);/q-1;. The van der Waals surface area contributed by atoms with Crippen molar-refractivity contribution in [2.24, 2.45) is 0 Å². The molecule has 1 aromatic rings. The summed E-state index contributed by atoms with van der Waals surface area (Å²) in [6.45, 7) is 0. The molecule has 0 aliphatic carbocycles. The van der Waals surface area contributed by atoms with Gasteiger partial charge >= 0.3 is 5.97 Å². The Morgan fingerprint density at radius 2 is 2.40 bits per heavy atom. The first kappa shape index (κ1) is 9.72. The molecule has 0 saturated heterocycles. The summed E-state index contributed by atoms with van der Waals surface area (Å²) in [5, 5.41) is 8.33. The van der Waals surface area contributed by atoms with Gasteiger partial charge in [-0.15, -0.1) is 0 Å². The van der Waals surface area contributed by atoms with Gasteiger partial charge in [0.25, 0.3) is 0 Å². The van der Waals surface area contributed by atoms with E-state index in [2.05, 4.69) is 11.2 Å². The van der Waals surface area contributed by atoms with Crippen molar-refractivity contribution in [3.63, 3.8) is 0 Å². The van der Waals surface area contributed by atoms with Gasteiger partial charge in [-0.3, -0.25) is 0 Å². The van der Waals surface area contributed by atoms with Crippen molar-refractivity contribution in [1.82, 2.24) is 4.98 Å². The van der Waals surface area contributed by atoms with E-state index in [0.717, 1.165) is 0 Å². The second-order valence-electron chi connectivity index (χ2n) is 1.48. The maximum absolute atomic E-state index is 10.1. The van der Waals surface area contributed by atoms with Crippen molar-refractivity contribution >= 4 is 5.97 Å². The number of hydrogen-bond acceptors (Lipinski definition) is 2. The van der Waals surface area contributed by atoms with Crippen molar-refractivity contribution in [2.45, 2.75) is 0 Å². The van der Waals surface area contributed by atoms with E-state index in [-0.39, 0.29) is 38.3 Å². The monoisotopic (exact) mass is 211 g/mol.